The number of rotatable bonds is 8. The summed E-state index contributed by atoms with van der Waals surface area (Å²) in [6.07, 6.45) is 3.68. The van der Waals surface area contributed by atoms with Gasteiger partial charge in [0.1, 0.15) is 0 Å². The summed E-state index contributed by atoms with van der Waals surface area (Å²) < 4.78 is 27.4. The smallest absolute Gasteiger partial charge is 0.241 e. The number of anilines is 1. The van der Waals surface area contributed by atoms with Crippen LogP contribution >= 0.6 is 0 Å². The van der Waals surface area contributed by atoms with Crippen LogP contribution in [0.15, 0.2) is 29.2 Å². The van der Waals surface area contributed by atoms with Gasteiger partial charge in [-0.15, -0.1) is 0 Å². The molecule has 0 radical (unpaired) electrons. The molecule has 24 heavy (non-hydrogen) atoms. The highest BCUT2D eigenvalue weighted by atomic mass is 32.2. The van der Waals surface area contributed by atoms with E-state index in [1.807, 2.05) is 6.92 Å². The third-order valence-corrected chi connectivity index (χ3v) is 5.38. The number of hydrogen-bond donors (Lipinski definition) is 2. The lowest BCUT2D eigenvalue weighted by Gasteiger charge is -2.20. The van der Waals surface area contributed by atoms with Gasteiger partial charge in [0.2, 0.25) is 15.9 Å². The van der Waals surface area contributed by atoms with Crippen molar-refractivity contribution in [1.29, 1.82) is 0 Å². The van der Waals surface area contributed by atoms with Gasteiger partial charge in [-0.1, -0.05) is 32.8 Å². The molecule has 1 amide bonds. The lowest BCUT2D eigenvalue weighted by atomic mass is 9.98. The number of benzene rings is 1. The molecule has 5 nitrogen and oxygen atoms in total. The molecular formula is C18H30N2O3S. The average Bonchev–Trinajstić information content (AvgIpc) is 2.46. The molecule has 0 aliphatic carbocycles. The molecule has 1 rings (SSSR count). The molecule has 1 aromatic rings. The molecule has 136 valence electrons. The van der Waals surface area contributed by atoms with Crippen LogP contribution in [0.1, 0.15) is 60.3 Å². The Kier molecular flexibility index (Phi) is 7.42. The molecule has 0 saturated carbocycles. The molecule has 0 aliphatic rings. The highest BCUT2D eigenvalue weighted by Gasteiger charge is 2.22. The molecule has 1 aromatic carbocycles. The van der Waals surface area contributed by atoms with Crippen molar-refractivity contribution in [1.82, 2.24) is 4.72 Å². The number of amides is 1. The summed E-state index contributed by atoms with van der Waals surface area (Å²) in [4.78, 5) is 12.5. The standard InChI is InChI=1S/C18H30N2O3S/c1-6-8-10-14(7-2)17(21)19-15-11-9-12-16(13-15)24(22,23)20-18(3,4)5/h9,11-14,20H,6-8,10H2,1-5H3,(H,19,21). The van der Waals surface area contributed by atoms with Gasteiger partial charge < -0.3 is 5.32 Å². The number of carbonyl (C=O) groups excluding carboxylic acids is 1. The number of hydrogen-bond acceptors (Lipinski definition) is 3. The SMILES string of the molecule is CCCCC(CC)C(=O)Nc1cccc(S(=O)(=O)NC(C)(C)C)c1. The van der Waals surface area contributed by atoms with E-state index in [0.717, 1.165) is 25.7 Å². The highest BCUT2D eigenvalue weighted by Crippen LogP contribution is 2.20. The molecule has 0 spiro atoms. The zero-order valence-corrected chi connectivity index (χ0v) is 16.2. The summed E-state index contributed by atoms with van der Waals surface area (Å²) in [7, 11) is -3.62. The van der Waals surface area contributed by atoms with Crippen molar-refractivity contribution in [2.24, 2.45) is 5.92 Å². The van der Waals surface area contributed by atoms with Crippen LogP contribution in [0.4, 0.5) is 5.69 Å². The van der Waals surface area contributed by atoms with E-state index in [1.54, 1.807) is 32.9 Å². The highest BCUT2D eigenvalue weighted by molar-refractivity contribution is 7.89. The van der Waals surface area contributed by atoms with Gasteiger partial charge >= 0.3 is 0 Å². The van der Waals surface area contributed by atoms with E-state index < -0.39 is 15.6 Å². The van der Waals surface area contributed by atoms with Crippen LogP contribution in [0.5, 0.6) is 0 Å². The topological polar surface area (TPSA) is 75.3 Å². The van der Waals surface area contributed by atoms with Crippen molar-refractivity contribution in [3.8, 4) is 0 Å². The Bertz CT molecular complexity index is 648. The summed E-state index contributed by atoms with van der Waals surface area (Å²) in [6, 6.07) is 6.37. The molecule has 0 fully saturated rings. The Balaban J connectivity index is 2.91. The predicted octanol–water partition coefficient (Wildman–Crippen LogP) is 3.92. The van der Waals surface area contributed by atoms with Crippen molar-refractivity contribution in [3.63, 3.8) is 0 Å². The van der Waals surface area contributed by atoms with Crippen LogP contribution in [0.25, 0.3) is 0 Å². The Hall–Kier alpha value is -1.40. The Labute approximate surface area is 146 Å². The molecule has 0 aliphatic heterocycles. The monoisotopic (exact) mass is 354 g/mol. The van der Waals surface area contributed by atoms with Crippen LogP contribution in [0.2, 0.25) is 0 Å². The van der Waals surface area contributed by atoms with Gasteiger partial charge in [-0.2, -0.15) is 0 Å². The normalized spacial score (nSPS) is 13.5. The van der Waals surface area contributed by atoms with Crippen molar-refractivity contribution in [2.75, 3.05) is 5.32 Å². The van der Waals surface area contributed by atoms with Gasteiger partial charge in [-0.25, -0.2) is 13.1 Å². The predicted molar refractivity (Wildman–Crippen MR) is 98.5 cm³/mol. The fourth-order valence-corrected chi connectivity index (χ4v) is 3.88. The largest absolute Gasteiger partial charge is 0.326 e. The fourth-order valence-electron chi connectivity index (χ4n) is 2.42. The van der Waals surface area contributed by atoms with E-state index in [4.69, 9.17) is 0 Å². The maximum absolute atomic E-state index is 12.4. The third-order valence-electron chi connectivity index (χ3n) is 3.62. The zero-order valence-electron chi connectivity index (χ0n) is 15.3. The van der Waals surface area contributed by atoms with Crippen LogP contribution < -0.4 is 10.0 Å². The first-order chi connectivity index (χ1) is 11.1. The van der Waals surface area contributed by atoms with Gasteiger partial charge in [0, 0.05) is 17.1 Å². The maximum Gasteiger partial charge on any atom is 0.241 e. The van der Waals surface area contributed by atoms with Crippen LogP contribution in [0.3, 0.4) is 0 Å². The van der Waals surface area contributed by atoms with E-state index in [-0.39, 0.29) is 16.7 Å². The van der Waals surface area contributed by atoms with E-state index >= 15 is 0 Å². The average molecular weight is 355 g/mol. The fraction of sp³-hybridized carbons (Fsp3) is 0.611. The van der Waals surface area contributed by atoms with E-state index in [9.17, 15) is 13.2 Å². The number of carbonyl (C=O) groups is 1. The number of unbranched alkanes of at least 4 members (excludes halogenated alkanes) is 1. The second kappa shape index (κ2) is 8.62. The Morgan fingerprint density at radius 3 is 2.42 bits per heavy atom. The van der Waals surface area contributed by atoms with Crippen LogP contribution in [0, 0.1) is 5.92 Å². The molecule has 1 unspecified atom stereocenters. The summed E-state index contributed by atoms with van der Waals surface area (Å²) in [5, 5.41) is 2.85. The maximum atomic E-state index is 12.4. The minimum atomic E-state index is -3.62. The van der Waals surface area contributed by atoms with E-state index in [2.05, 4.69) is 17.0 Å². The summed E-state index contributed by atoms with van der Waals surface area (Å²) in [5.74, 6) is -0.0952. The molecule has 0 aromatic heterocycles. The molecular weight excluding hydrogens is 324 g/mol. The van der Waals surface area contributed by atoms with Crippen molar-refractivity contribution in [2.45, 2.75) is 70.7 Å². The minimum absolute atomic E-state index is 0.0436. The molecule has 6 heteroatoms. The summed E-state index contributed by atoms with van der Waals surface area (Å²) >= 11 is 0. The third kappa shape index (κ3) is 6.61. The van der Waals surface area contributed by atoms with Gasteiger partial charge in [0.25, 0.3) is 0 Å². The first-order valence-electron chi connectivity index (χ1n) is 8.54. The Morgan fingerprint density at radius 1 is 1.21 bits per heavy atom. The number of nitrogens with one attached hydrogen (secondary N) is 2. The zero-order chi connectivity index (χ0) is 18.4. The van der Waals surface area contributed by atoms with Crippen molar-refractivity contribution in [3.05, 3.63) is 24.3 Å². The second-order valence-electron chi connectivity index (χ2n) is 7.12. The van der Waals surface area contributed by atoms with Crippen molar-refractivity contribution >= 4 is 21.6 Å². The van der Waals surface area contributed by atoms with E-state index in [1.165, 1.54) is 12.1 Å². The molecule has 1 atom stereocenters. The lowest BCUT2D eigenvalue weighted by Crippen LogP contribution is -2.40. The first-order valence-corrected chi connectivity index (χ1v) is 10.0. The van der Waals surface area contributed by atoms with Gasteiger partial charge in [-0.05, 0) is 51.8 Å². The van der Waals surface area contributed by atoms with Gasteiger partial charge in [-0.3, -0.25) is 4.79 Å². The van der Waals surface area contributed by atoms with Gasteiger partial charge in [0.05, 0.1) is 4.90 Å². The first kappa shape index (κ1) is 20.6. The molecule has 0 heterocycles. The second-order valence-corrected chi connectivity index (χ2v) is 8.80. The number of sulfonamides is 1. The van der Waals surface area contributed by atoms with Crippen LogP contribution in [-0.2, 0) is 14.8 Å². The van der Waals surface area contributed by atoms with Gasteiger partial charge in [0.15, 0.2) is 0 Å². The lowest BCUT2D eigenvalue weighted by molar-refractivity contribution is -0.120. The van der Waals surface area contributed by atoms with E-state index in [0.29, 0.717) is 5.69 Å². The Morgan fingerprint density at radius 2 is 1.88 bits per heavy atom. The summed E-state index contributed by atoms with van der Waals surface area (Å²) in [5.41, 5.74) is -0.0577. The molecule has 0 bridgehead atoms. The molecule has 2 N–H and O–H groups in total. The molecule has 0 saturated heterocycles. The van der Waals surface area contributed by atoms with Crippen LogP contribution in [-0.4, -0.2) is 19.9 Å². The van der Waals surface area contributed by atoms with Crippen molar-refractivity contribution < 1.29 is 13.2 Å². The quantitative estimate of drug-likeness (QED) is 0.743. The minimum Gasteiger partial charge on any atom is -0.326 e. The summed E-state index contributed by atoms with van der Waals surface area (Å²) in [6.45, 7) is 9.45.